The first-order valence-electron chi connectivity index (χ1n) is 4.55. The molecule has 2 atom stereocenters. The molecule has 0 saturated carbocycles. The van der Waals surface area contributed by atoms with Gasteiger partial charge in [0.1, 0.15) is 0 Å². The number of nitrogens with zero attached hydrogens (tertiary/aromatic N) is 1. The third kappa shape index (κ3) is 2.06. The van der Waals surface area contributed by atoms with Crippen LogP contribution in [0, 0.1) is 5.92 Å². The second-order valence-corrected chi connectivity index (χ2v) is 3.89. The SMILES string of the molecule is CC(C)N1C[C@H](C)C=C[C@@H]1C. The van der Waals surface area contributed by atoms with Crippen molar-refractivity contribution in [2.24, 2.45) is 5.92 Å². The highest BCUT2D eigenvalue weighted by molar-refractivity contribution is 5.01. The van der Waals surface area contributed by atoms with E-state index in [0.717, 1.165) is 5.92 Å². The first kappa shape index (κ1) is 8.79. The number of hydrogen-bond donors (Lipinski definition) is 0. The highest BCUT2D eigenvalue weighted by Crippen LogP contribution is 2.16. The third-order valence-electron chi connectivity index (χ3n) is 2.40. The van der Waals surface area contributed by atoms with E-state index in [-0.39, 0.29) is 0 Å². The van der Waals surface area contributed by atoms with Crippen LogP contribution in [-0.4, -0.2) is 23.5 Å². The maximum atomic E-state index is 2.53. The zero-order valence-electron chi connectivity index (χ0n) is 8.04. The number of hydrogen-bond acceptors (Lipinski definition) is 1. The molecule has 0 fully saturated rings. The summed E-state index contributed by atoms with van der Waals surface area (Å²) in [6.07, 6.45) is 4.64. The van der Waals surface area contributed by atoms with Crippen LogP contribution in [0.15, 0.2) is 12.2 Å². The Labute approximate surface area is 70.1 Å². The fraction of sp³-hybridized carbons (Fsp3) is 0.800. The molecule has 0 unspecified atom stereocenters. The predicted octanol–water partition coefficient (Wildman–Crippen LogP) is 2.29. The Kier molecular flexibility index (Phi) is 2.72. The van der Waals surface area contributed by atoms with Crippen LogP contribution < -0.4 is 0 Å². The fourth-order valence-electron chi connectivity index (χ4n) is 1.70. The van der Waals surface area contributed by atoms with Crippen LogP contribution in [0.4, 0.5) is 0 Å². The minimum Gasteiger partial charge on any atom is -0.294 e. The first-order valence-corrected chi connectivity index (χ1v) is 4.55. The summed E-state index contributed by atoms with van der Waals surface area (Å²) < 4.78 is 0. The van der Waals surface area contributed by atoms with Crippen molar-refractivity contribution in [2.75, 3.05) is 6.54 Å². The Morgan fingerprint density at radius 1 is 1.27 bits per heavy atom. The van der Waals surface area contributed by atoms with Gasteiger partial charge in [0.25, 0.3) is 0 Å². The molecular formula is C10H19N. The Morgan fingerprint density at radius 3 is 2.36 bits per heavy atom. The quantitative estimate of drug-likeness (QED) is 0.522. The molecule has 0 radical (unpaired) electrons. The first-order chi connectivity index (χ1) is 5.11. The van der Waals surface area contributed by atoms with E-state index in [1.165, 1.54) is 6.54 Å². The van der Waals surface area contributed by atoms with Gasteiger partial charge in [-0.3, -0.25) is 4.90 Å². The van der Waals surface area contributed by atoms with Crippen LogP contribution in [0.3, 0.4) is 0 Å². The third-order valence-corrected chi connectivity index (χ3v) is 2.40. The topological polar surface area (TPSA) is 3.24 Å². The van der Waals surface area contributed by atoms with Gasteiger partial charge in [-0.05, 0) is 26.7 Å². The van der Waals surface area contributed by atoms with Crippen LogP contribution in [0.25, 0.3) is 0 Å². The highest BCUT2D eigenvalue weighted by Gasteiger charge is 2.19. The van der Waals surface area contributed by atoms with E-state index >= 15 is 0 Å². The molecule has 1 rings (SSSR count). The molecule has 0 N–H and O–H groups in total. The normalized spacial score (nSPS) is 33.2. The van der Waals surface area contributed by atoms with Gasteiger partial charge in [-0.25, -0.2) is 0 Å². The van der Waals surface area contributed by atoms with E-state index in [4.69, 9.17) is 0 Å². The molecule has 64 valence electrons. The fourth-order valence-corrected chi connectivity index (χ4v) is 1.70. The molecule has 0 amide bonds. The molecule has 11 heavy (non-hydrogen) atoms. The van der Waals surface area contributed by atoms with E-state index < -0.39 is 0 Å². The second kappa shape index (κ2) is 3.40. The molecule has 1 heterocycles. The summed E-state index contributed by atoms with van der Waals surface area (Å²) in [7, 11) is 0. The molecule has 0 saturated heterocycles. The summed E-state index contributed by atoms with van der Waals surface area (Å²) in [5.74, 6) is 0.730. The van der Waals surface area contributed by atoms with Gasteiger partial charge in [0.05, 0.1) is 0 Å². The van der Waals surface area contributed by atoms with E-state index in [1.54, 1.807) is 0 Å². The van der Waals surface area contributed by atoms with Crippen LogP contribution >= 0.6 is 0 Å². The van der Waals surface area contributed by atoms with Crippen molar-refractivity contribution >= 4 is 0 Å². The molecule has 0 bridgehead atoms. The molecule has 0 spiro atoms. The molecule has 1 nitrogen and oxygen atoms in total. The summed E-state index contributed by atoms with van der Waals surface area (Å²) in [6, 6.07) is 1.31. The molecule has 0 aromatic carbocycles. The monoisotopic (exact) mass is 153 g/mol. The summed E-state index contributed by atoms with van der Waals surface area (Å²) in [6.45, 7) is 10.3. The summed E-state index contributed by atoms with van der Waals surface area (Å²) >= 11 is 0. The predicted molar refractivity (Wildman–Crippen MR) is 49.6 cm³/mol. The van der Waals surface area contributed by atoms with Crippen LogP contribution in [0.1, 0.15) is 27.7 Å². The van der Waals surface area contributed by atoms with Crippen molar-refractivity contribution in [2.45, 2.75) is 39.8 Å². The van der Waals surface area contributed by atoms with Gasteiger partial charge in [0.2, 0.25) is 0 Å². The van der Waals surface area contributed by atoms with Gasteiger partial charge in [-0.1, -0.05) is 19.1 Å². The van der Waals surface area contributed by atoms with Crippen molar-refractivity contribution < 1.29 is 0 Å². The van der Waals surface area contributed by atoms with Gasteiger partial charge in [-0.2, -0.15) is 0 Å². The Morgan fingerprint density at radius 2 is 1.91 bits per heavy atom. The minimum atomic E-state index is 0.631. The molecule has 1 aliphatic rings. The summed E-state index contributed by atoms with van der Waals surface area (Å²) in [5.41, 5.74) is 0. The number of rotatable bonds is 1. The van der Waals surface area contributed by atoms with Crippen molar-refractivity contribution in [1.82, 2.24) is 4.90 Å². The van der Waals surface area contributed by atoms with Crippen LogP contribution in [-0.2, 0) is 0 Å². The van der Waals surface area contributed by atoms with Crippen LogP contribution in [0.5, 0.6) is 0 Å². The van der Waals surface area contributed by atoms with E-state index in [1.807, 2.05) is 0 Å². The molecule has 0 aromatic heterocycles. The average Bonchev–Trinajstić information content (AvgIpc) is 1.94. The molecule has 1 heteroatoms. The van der Waals surface area contributed by atoms with Crippen molar-refractivity contribution in [3.8, 4) is 0 Å². The lowest BCUT2D eigenvalue weighted by molar-refractivity contribution is 0.166. The van der Waals surface area contributed by atoms with Gasteiger partial charge in [0.15, 0.2) is 0 Å². The van der Waals surface area contributed by atoms with E-state index in [9.17, 15) is 0 Å². The Bertz CT molecular complexity index is 149. The van der Waals surface area contributed by atoms with Crippen LogP contribution in [0.2, 0.25) is 0 Å². The molecular weight excluding hydrogens is 134 g/mol. The van der Waals surface area contributed by atoms with E-state index in [2.05, 4.69) is 44.7 Å². The maximum Gasteiger partial charge on any atom is 0.0252 e. The van der Waals surface area contributed by atoms with Gasteiger partial charge >= 0.3 is 0 Å². The van der Waals surface area contributed by atoms with Crippen molar-refractivity contribution in [3.05, 3.63) is 12.2 Å². The van der Waals surface area contributed by atoms with Crippen molar-refractivity contribution in [1.29, 1.82) is 0 Å². The summed E-state index contributed by atoms with van der Waals surface area (Å²) in [4.78, 5) is 2.53. The molecule has 0 aliphatic carbocycles. The van der Waals surface area contributed by atoms with E-state index in [0.29, 0.717) is 12.1 Å². The van der Waals surface area contributed by atoms with Gasteiger partial charge in [-0.15, -0.1) is 0 Å². The van der Waals surface area contributed by atoms with Gasteiger partial charge in [0, 0.05) is 18.6 Å². The Hall–Kier alpha value is -0.300. The van der Waals surface area contributed by atoms with Gasteiger partial charge < -0.3 is 0 Å². The summed E-state index contributed by atoms with van der Waals surface area (Å²) in [5, 5.41) is 0. The molecule has 1 aliphatic heterocycles. The lowest BCUT2D eigenvalue weighted by Crippen LogP contribution is -2.42. The smallest absolute Gasteiger partial charge is 0.0252 e. The second-order valence-electron chi connectivity index (χ2n) is 3.89. The molecule has 0 aromatic rings. The average molecular weight is 153 g/mol. The lowest BCUT2D eigenvalue weighted by atomic mass is 10.0. The lowest BCUT2D eigenvalue weighted by Gasteiger charge is -2.35. The Balaban J connectivity index is 2.60. The maximum absolute atomic E-state index is 2.53. The standard InChI is InChI=1S/C10H19N/c1-8(2)11-7-9(3)5-6-10(11)4/h5-6,8-10H,7H2,1-4H3/t9-,10+/m1/s1. The minimum absolute atomic E-state index is 0.631. The zero-order valence-corrected chi connectivity index (χ0v) is 8.04. The highest BCUT2D eigenvalue weighted by atomic mass is 15.2. The van der Waals surface area contributed by atoms with Crippen molar-refractivity contribution in [3.63, 3.8) is 0 Å². The largest absolute Gasteiger partial charge is 0.294 e. The zero-order chi connectivity index (χ0) is 8.43.